The maximum absolute atomic E-state index is 11.9. The van der Waals surface area contributed by atoms with E-state index in [9.17, 15) is 13.2 Å². The lowest BCUT2D eigenvalue weighted by molar-refractivity contribution is 0.104. The van der Waals surface area contributed by atoms with Crippen LogP contribution >= 0.6 is 0 Å². The van der Waals surface area contributed by atoms with Crippen LogP contribution in [0.5, 0.6) is 0 Å². The maximum Gasteiger partial charge on any atom is 0.231 e. The van der Waals surface area contributed by atoms with Crippen LogP contribution in [0.1, 0.15) is 10.4 Å². The van der Waals surface area contributed by atoms with Crippen molar-refractivity contribution < 1.29 is 13.2 Å². The Balaban J connectivity index is 3.04. The highest BCUT2D eigenvalue weighted by Gasteiger charge is 2.13. The fourth-order valence-corrected chi connectivity index (χ4v) is 1.86. The van der Waals surface area contributed by atoms with Gasteiger partial charge in [-0.1, -0.05) is 12.1 Å². The molecular formula is C13H18N2O3S. The lowest BCUT2D eigenvalue weighted by Crippen LogP contribution is -2.24. The predicted molar refractivity (Wildman–Crippen MR) is 76.8 cm³/mol. The van der Waals surface area contributed by atoms with Gasteiger partial charge in [-0.05, 0) is 12.1 Å². The van der Waals surface area contributed by atoms with Crippen LogP contribution in [0.15, 0.2) is 36.5 Å². The number of sulfonamides is 1. The first-order valence-electron chi connectivity index (χ1n) is 5.65. The Hall–Kier alpha value is -1.82. The van der Waals surface area contributed by atoms with Crippen molar-refractivity contribution in [1.29, 1.82) is 0 Å². The van der Waals surface area contributed by atoms with Crippen LogP contribution in [0, 0.1) is 0 Å². The van der Waals surface area contributed by atoms with Crippen molar-refractivity contribution in [1.82, 2.24) is 4.90 Å². The second-order valence-electron chi connectivity index (χ2n) is 4.42. The quantitative estimate of drug-likeness (QED) is 0.604. The Morgan fingerprint density at radius 3 is 2.37 bits per heavy atom. The summed E-state index contributed by atoms with van der Waals surface area (Å²) in [6.45, 7) is 0. The number of hydrogen-bond acceptors (Lipinski definition) is 4. The zero-order valence-electron chi connectivity index (χ0n) is 11.5. The maximum atomic E-state index is 11.9. The van der Waals surface area contributed by atoms with Gasteiger partial charge in [-0.25, -0.2) is 8.42 Å². The number of nitrogens with zero attached hydrogens (tertiary/aromatic N) is 2. The van der Waals surface area contributed by atoms with Crippen LogP contribution in [0.3, 0.4) is 0 Å². The molecule has 0 spiro atoms. The van der Waals surface area contributed by atoms with Gasteiger partial charge in [0.1, 0.15) is 0 Å². The highest BCUT2D eigenvalue weighted by Crippen LogP contribution is 2.17. The van der Waals surface area contributed by atoms with Crippen molar-refractivity contribution in [3.05, 3.63) is 42.1 Å². The van der Waals surface area contributed by atoms with Crippen LogP contribution in [-0.4, -0.2) is 46.5 Å². The van der Waals surface area contributed by atoms with Gasteiger partial charge in [-0.15, -0.1) is 0 Å². The van der Waals surface area contributed by atoms with E-state index in [-0.39, 0.29) is 5.78 Å². The molecule has 0 radical (unpaired) electrons. The molecule has 0 aliphatic heterocycles. The fraction of sp³-hybridized carbons (Fsp3) is 0.308. The molecule has 0 heterocycles. The molecule has 0 aliphatic carbocycles. The number of rotatable bonds is 5. The van der Waals surface area contributed by atoms with Crippen molar-refractivity contribution in [2.45, 2.75) is 0 Å². The number of anilines is 1. The van der Waals surface area contributed by atoms with Gasteiger partial charge in [0.2, 0.25) is 10.0 Å². The molecule has 0 amide bonds. The third-order valence-corrected chi connectivity index (χ3v) is 3.72. The molecule has 0 bridgehead atoms. The first-order chi connectivity index (χ1) is 8.71. The molecule has 5 nitrogen and oxygen atoms in total. The summed E-state index contributed by atoms with van der Waals surface area (Å²) in [5.74, 6) is -0.169. The van der Waals surface area contributed by atoms with E-state index in [2.05, 4.69) is 0 Å². The number of carbonyl (C=O) groups excluding carboxylic acids is 1. The summed E-state index contributed by atoms with van der Waals surface area (Å²) in [5, 5.41) is 0. The smallest absolute Gasteiger partial charge is 0.231 e. The highest BCUT2D eigenvalue weighted by molar-refractivity contribution is 7.92. The summed E-state index contributed by atoms with van der Waals surface area (Å²) in [6.07, 6.45) is 4.21. The van der Waals surface area contributed by atoms with Gasteiger partial charge in [0.05, 0.1) is 11.9 Å². The van der Waals surface area contributed by atoms with E-state index in [4.69, 9.17) is 0 Å². The van der Waals surface area contributed by atoms with E-state index in [1.165, 1.54) is 13.1 Å². The second-order valence-corrected chi connectivity index (χ2v) is 6.44. The molecule has 1 aromatic carbocycles. The minimum absolute atomic E-state index is 0.169. The average Bonchev–Trinajstić information content (AvgIpc) is 2.34. The van der Waals surface area contributed by atoms with Crippen LogP contribution in [0.25, 0.3) is 0 Å². The summed E-state index contributed by atoms with van der Waals surface area (Å²) in [6, 6.07) is 6.52. The van der Waals surface area contributed by atoms with Gasteiger partial charge >= 0.3 is 0 Å². The van der Waals surface area contributed by atoms with Crippen molar-refractivity contribution in [3.8, 4) is 0 Å². The Morgan fingerprint density at radius 1 is 1.21 bits per heavy atom. The molecule has 1 aromatic rings. The first kappa shape index (κ1) is 15.2. The Bertz CT molecular complexity index is 592. The molecule has 0 unspecified atom stereocenters. The van der Waals surface area contributed by atoms with Crippen molar-refractivity contribution in [2.24, 2.45) is 0 Å². The summed E-state index contributed by atoms with van der Waals surface area (Å²) < 4.78 is 24.0. The largest absolute Gasteiger partial charge is 0.383 e. The van der Waals surface area contributed by atoms with E-state index in [1.807, 2.05) is 14.1 Å². The van der Waals surface area contributed by atoms with Gasteiger partial charge in [0.15, 0.2) is 5.78 Å². The van der Waals surface area contributed by atoms with Gasteiger partial charge in [-0.2, -0.15) is 0 Å². The zero-order chi connectivity index (χ0) is 14.6. The number of allylic oxidation sites excluding steroid dienone is 1. The lowest BCUT2D eigenvalue weighted by atomic mass is 10.1. The Morgan fingerprint density at radius 2 is 1.84 bits per heavy atom. The second kappa shape index (κ2) is 5.88. The minimum Gasteiger partial charge on any atom is -0.383 e. The molecule has 19 heavy (non-hydrogen) atoms. The van der Waals surface area contributed by atoms with Crippen molar-refractivity contribution in [2.75, 3.05) is 31.7 Å². The van der Waals surface area contributed by atoms with Gasteiger partial charge in [-0.3, -0.25) is 9.10 Å². The molecule has 0 aromatic heterocycles. The van der Waals surface area contributed by atoms with Crippen molar-refractivity contribution >= 4 is 21.5 Å². The fourth-order valence-electron chi connectivity index (χ4n) is 1.36. The molecule has 0 fully saturated rings. The summed E-state index contributed by atoms with van der Waals surface area (Å²) in [7, 11) is 1.76. The third kappa shape index (κ3) is 4.40. The van der Waals surface area contributed by atoms with Gasteiger partial charge in [0, 0.05) is 39.0 Å². The van der Waals surface area contributed by atoms with Crippen LogP contribution in [0.4, 0.5) is 5.69 Å². The van der Waals surface area contributed by atoms with E-state index >= 15 is 0 Å². The van der Waals surface area contributed by atoms with Crippen LogP contribution in [0.2, 0.25) is 0 Å². The van der Waals surface area contributed by atoms with Crippen LogP contribution < -0.4 is 4.31 Å². The van der Waals surface area contributed by atoms with Gasteiger partial charge < -0.3 is 4.90 Å². The molecule has 0 N–H and O–H groups in total. The SMILES string of the molecule is CN(C)/C=C/C(=O)c1cccc(N(C)S(C)(=O)=O)c1. The summed E-state index contributed by atoms with van der Waals surface area (Å²) in [5.41, 5.74) is 0.915. The number of hydrogen-bond donors (Lipinski definition) is 0. The lowest BCUT2D eigenvalue weighted by Gasteiger charge is -2.16. The monoisotopic (exact) mass is 282 g/mol. The van der Waals surface area contributed by atoms with Gasteiger partial charge in [0.25, 0.3) is 0 Å². The van der Waals surface area contributed by atoms with Crippen molar-refractivity contribution in [3.63, 3.8) is 0 Å². The average molecular weight is 282 g/mol. The zero-order valence-corrected chi connectivity index (χ0v) is 12.3. The van der Waals surface area contributed by atoms with E-state index in [1.54, 1.807) is 35.4 Å². The van der Waals surface area contributed by atoms with E-state index < -0.39 is 10.0 Å². The molecule has 0 atom stereocenters. The molecule has 104 valence electrons. The first-order valence-corrected chi connectivity index (χ1v) is 7.49. The number of ketones is 1. The normalized spacial score (nSPS) is 11.6. The number of benzene rings is 1. The summed E-state index contributed by atoms with van der Waals surface area (Å²) in [4.78, 5) is 13.6. The molecule has 0 saturated heterocycles. The Kier molecular flexibility index (Phi) is 4.72. The molecular weight excluding hydrogens is 264 g/mol. The van der Waals surface area contributed by atoms with Crippen LogP contribution in [-0.2, 0) is 10.0 Å². The highest BCUT2D eigenvalue weighted by atomic mass is 32.2. The molecule has 6 heteroatoms. The third-order valence-electron chi connectivity index (χ3n) is 2.52. The topological polar surface area (TPSA) is 57.7 Å². The molecule has 1 rings (SSSR count). The summed E-state index contributed by atoms with van der Waals surface area (Å²) >= 11 is 0. The molecule has 0 saturated carbocycles. The standard InChI is InChI=1S/C13H18N2O3S/c1-14(2)9-8-13(16)11-6-5-7-12(10-11)15(3)19(4,17)18/h5-10H,1-4H3/b9-8+. The van der Waals surface area contributed by atoms with E-state index in [0.717, 1.165) is 10.6 Å². The predicted octanol–water partition coefficient (Wildman–Crippen LogP) is 1.34. The van der Waals surface area contributed by atoms with E-state index in [0.29, 0.717) is 11.3 Å². The molecule has 0 aliphatic rings. The number of carbonyl (C=O) groups is 1. The minimum atomic E-state index is -3.33. The Labute approximate surface area is 114 Å².